The fourth-order valence-corrected chi connectivity index (χ4v) is 1.84. The molecular weight excluding hydrogens is 249 g/mol. The highest BCUT2D eigenvalue weighted by molar-refractivity contribution is 7.53. The summed E-state index contributed by atoms with van der Waals surface area (Å²) in [5.74, 6) is 0.221. The smallest absolute Gasteiger partial charge is 0.331 e. The fraction of sp³-hybridized carbons (Fsp3) is 0.750. The van der Waals surface area contributed by atoms with Crippen LogP contribution in [0.1, 0.15) is 20.3 Å². The summed E-state index contributed by atoms with van der Waals surface area (Å²) in [7, 11) is -2.94. The standard InChI is InChI=1S/C8H16N3O5P/c1-8(2,17(13,14)15)4-5-6(11-16-3)10-7(12)9-5/h5H,4H2,1-3H3,(H2,13,14,15)(H2,9,10,11,12). The number of urea groups is 1. The molecule has 0 bridgehead atoms. The zero-order chi connectivity index (χ0) is 13.3. The van der Waals surface area contributed by atoms with E-state index in [2.05, 4.69) is 20.6 Å². The average molecular weight is 265 g/mol. The molecule has 98 valence electrons. The van der Waals surface area contributed by atoms with Crippen molar-refractivity contribution in [3.63, 3.8) is 0 Å². The Morgan fingerprint density at radius 1 is 1.53 bits per heavy atom. The van der Waals surface area contributed by atoms with Crippen LogP contribution in [0.5, 0.6) is 0 Å². The monoisotopic (exact) mass is 265 g/mol. The second kappa shape index (κ2) is 4.64. The molecule has 1 atom stereocenters. The predicted molar refractivity (Wildman–Crippen MR) is 60.6 cm³/mol. The number of carbonyl (C=O) groups is 1. The minimum atomic E-state index is -4.26. The third-order valence-corrected chi connectivity index (χ3v) is 4.32. The molecule has 1 heterocycles. The first-order valence-corrected chi connectivity index (χ1v) is 6.53. The normalized spacial score (nSPS) is 23.5. The largest absolute Gasteiger partial charge is 0.398 e. The van der Waals surface area contributed by atoms with E-state index >= 15 is 0 Å². The van der Waals surface area contributed by atoms with Crippen LogP contribution in [0.3, 0.4) is 0 Å². The first kappa shape index (κ1) is 14.0. The first-order chi connectivity index (χ1) is 7.67. The van der Waals surface area contributed by atoms with E-state index in [4.69, 9.17) is 0 Å². The summed E-state index contributed by atoms with van der Waals surface area (Å²) in [6.07, 6.45) is 0.0538. The molecule has 0 aliphatic carbocycles. The van der Waals surface area contributed by atoms with Gasteiger partial charge in [0.1, 0.15) is 7.11 Å². The van der Waals surface area contributed by atoms with E-state index in [-0.39, 0.29) is 12.3 Å². The molecule has 0 aromatic carbocycles. The number of oxime groups is 1. The summed E-state index contributed by atoms with van der Waals surface area (Å²) in [5, 5.41) is 7.25. The van der Waals surface area contributed by atoms with Crippen molar-refractivity contribution in [3.05, 3.63) is 0 Å². The molecular formula is C8H16N3O5P. The maximum Gasteiger partial charge on any atom is 0.331 e. The molecule has 1 unspecified atom stereocenters. The van der Waals surface area contributed by atoms with Crippen molar-refractivity contribution in [2.45, 2.75) is 31.5 Å². The first-order valence-electron chi connectivity index (χ1n) is 4.91. The zero-order valence-corrected chi connectivity index (χ0v) is 10.7. The molecule has 0 aromatic rings. The topological polar surface area (TPSA) is 120 Å². The van der Waals surface area contributed by atoms with Gasteiger partial charge >= 0.3 is 13.6 Å². The van der Waals surface area contributed by atoms with Crippen LogP contribution >= 0.6 is 7.60 Å². The summed E-state index contributed by atoms with van der Waals surface area (Å²) in [4.78, 5) is 34.1. The van der Waals surface area contributed by atoms with Crippen LogP contribution in [0.15, 0.2) is 5.16 Å². The average Bonchev–Trinajstić information content (AvgIpc) is 2.44. The highest BCUT2D eigenvalue weighted by Gasteiger charge is 2.43. The van der Waals surface area contributed by atoms with Crippen molar-refractivity contribution < 1.29 is 24.0 Å². The van der Waals surface area contributed by atoms with E-state index in [1.54, 1.807) is 0 Å². The number of amidine groups is 1. The second-order valence-corrected chi connectivity index (χ2v) is 6.67. The highest BCUT2D eigenvalue weighted by atomic mass is 31.2. The summed E-state index contributed by atoms with van der Waals surface area (Å²) < 4.78 is 11.3. The molecule has 1 aliphatic heterocycles. The SMILES string of the molecule is CO/N=C1/NC(=O)NC1CC(C)(C)P(=O)(O)O. The van der Waals surface area contributed by atoms with Crippen LogP contribution in [0.25, 0.3) is 0 Å². The molecule has 0 spiro atoms. The lowest BCUT2D eigenvalue weighted by atomic mass is 10.0. The zero-order valence-electron chi connectivity index (χ0n) is 9.80. The van der Waals surface area contributed by atoms with Crippen molar-refractivity contribution >= 4 is 19.5 Å². The predicted octanol–water partition coefficient (Wildman–Crippen LogP) is -0.0259. The Morgan fingerprint density at radius 3 is 2.59 bits per heavy atom. The van der Waals surface area contributed by atoms with Crippen molar-refractivity contribution in [2.75, 3.05) is 7.11 Å². The van der Waals surface area contributed by atoms with E-state index in [1.807, 2.05) is 0 Å². The van der Waals surface area contributed by atoms with Gasteiger partial charge in [0.15, 0.2) is 5.84 Å². The number of nitrogens with zero attached hydrogens (tertiary/aromatic N) is 1. The van der Waals surface area contributed by atoms with E-state index in [1.165, 1.54) is 21.0 Å². The Balaban J connectivity index is 2.84. The van der Waals surface area contributed by atoms with Crippen LogP contribution in [-0.2, 0) is 9.40 Å². The lowest BCUT2D eigenvalue weighted by Gasteiger charge is -2.27. The van der Waals surface area contributed by atoms with Gasteiger partial charge in [-0.2, -0.15) is 0 Å². The Hall–Kier alpha value is -1.11. The second-order valence-electron chi connectivity index (χ2n) is 4.37. The fourth-order valence-electron chi connectivity index (χ4n) is 1.42. The Labute approximate surface area is 98.6 Å². The van der Waals surface area contributed by atoms with Crippen LogP contribution in [-0.4, -0.2) is 40.0 Å². The van der Waals surface area contributed by atoms with E-state index < -0.39 is 24.8 Å². The summed E-state index contributed by atoms with van der Waals surface area (Å²) >= 11 is 0. The molecule has 2 amide bonds. The number of hydrogen-bond donors (Lipinski definition) is 4. The number of amides is 2. The van der Waals surface area contributed by atoms with Gasteiger partial charge in [0.05, 0.1) is 11.2 Å². The Kier molecular flexibility index (Phi) is 3.81. The molecule has 0 aromatic heterocycles. The van der Waals surface area contributed by atoms with E-state index in [0.29, 0.717) is 0 Å². The Morgan fingerprint density at radius 2 is 2.12 bits per heavy atom. The number of rotatable bonds is 4. The third kappa shape index (κ3) is 3.18. The molecule has 1 aliphatic rings. The maximum atomic E-state index is 11.3. The number of carbonyl (C=O) groups excluding carboxylic acids is 1. The summed E-state index contributed by atoms with van der Waals surface area (Å²) in [5.41, 5.74) is 0. The van der Waals surface area contributed by atoms with Crippen LogP contribution in [0, 0.1) is 0 Å². The van der Waals surface area contributed by atoms with Crippen molar-refractivity contribution in [3.8, 4) is 0 Å². The van der Waals surface area contributed by atoms with Gasteiger partial charge in [0.25, 0.3) is 0 Å². The van der Waals surface area contributed by atoms with Crippen molar-refractivity contribution in [1.82, 2.24) is 10.6 Å². The van der Waals surface area contributed by atoms with Gasteiger partial charge in [-0.1, -0.05) is 5.16 Å². The van der Waals surface area contributed by atoms with Gasteiger partial charge in [-0.15, -0.1) is 0 Å². The molecule has 1 rings (SSSR count). The van der Waals surface area contributed by atoms with Crippen molar-refractivity contribution in [2.24, 2.45) is 5.16 Å². The molecule has 1 saturated heterocycles. The minimum Gasteiger partial charge on any atom is -0.398 e. The maximum absolute atomic E-state index is 11.3. The molecule has 1 fully saturated rings. The van der Waals surface area contributed by atoms with Gasteiger partial charge in [-0.3, -0.25) is 9.88 Å². The highest BCUT2D eigenvalue weighted by Crippen LogP contribution is 2.52. The van der Waals surface area contributed by atoms with E-state index in [9.17, 15) is 19.1 Å². The lowest BCUT2D eigenvalue weighted by molar-refractivity contribution is 0.210. The molecule has 8 nitrogen and oxygen atoms in total. The minimum absolute atomic E-state index is 0.0538. The number of hydrogen-bond acceptors (Lipinski definition) is 4. The van der Waals surface area contributed by atoms with Gasteiger partial charge in [0.2, 0.25) is 0 Å². The number of nitrogens with one attached hydrogen (secondary N) is 2. The summed E-state index contributed by atoms with van der Waals surface area (Å²) in [6, 6.07) is -1.06. The van der Waals surface area contributed by atoms with Crippen LogP contribution in [0.2, 0.25) is 0 Å². The molecule has 4 N–H and O–H groups in total. The van der Waals surface area contributed by atoms with Gasteiger partial charge in [-0.25, -0.2) is 4.79 Å². The van der Waals surface area contributed by atoms with Crippen LogP contribution < -0.4 is 10.6 Å². The third-order valence-electron chi connectivity index (χ3n) is 2.56. The van der Waals surface area contributed by atoms with Gasteiger partial charge in [-0.05, 0) is 20.3 Å². The van der Waals surface area contributed by atoms with Gasteiger partial charge < -0.3 is 19.9 Å². The van der Waals surface area contributed by atoms with E-state index in [0.717, 1.165) is 0 Å². The summed E-state index contributed by atoms with van der Waals surface area (Å²) in [6.45, 7) is 2.87. The quantitative estimate of drug-likeness (QED) is 0.420. The molecule has 0 radical (unpaired) electrons. The van der Waals surface area contributed by atoms with Gasteiger partial charge in [0, 0.05) is 0 Å². The molecule has 9 heteroatoms. The Bertz CT molecular complexity index is 389. The van der Waals surface area contributed by atoms with Crippen molar-refractivity contribution in [1.29, 1.82) is 0 Å². The molecule has 17 heavy (non-hydrogen) atoms. The lowest BCUT2D eigenvalue weighted by Crippen LogP contribution is -2.37. The molecule has 0 saturated carbocycles. The van der Waals surface area contributed by atoms with Crippen LogP contribution in [0.4, 0.5) is 4.79 Å².